The van der Waals surface area contributed by atoms with Crippen molar-refractivity contribution in [3.8, 4) is 16.9 Å². The van der Waals surface area contributed by atoms with Crippen LogP contribution in [0.1, 0.15) is 44.5 Å². The van der Waals surface area contributed by atoms with Crippen molar-refractivity contribution in [1.82, 2.24) is 10.6 Å². The molecule has 0 amide bonds. The number of hydrogen-bond donors (Lipinski definition) is 2. The summed E-state index contributed by atoms with van der Waals surface area (Å²) in [6.45, 7) is 15.2. The second kappa shape index (κ2) is 12.5. The fourth-order valence-corrected chi connectivity index (χ4v) is 7.68. The molecule has 0 unspecified atom stereocenters. The zero-order chi connectivity index (χ0) is 23.7. The van der Waals surface area contributed by atoms with Gasteiger partial charge in [-0.05, 0) is 0 Å². The summed E-state index contributed by atoms with van der Waals surface area (Å²) >= 11 is -0.212. The summed E-state index contributed by atoms with van der Waals surface area (Å²) < 4.78 is 8.84. The van der Waals surface area contributed by atoms with E-state index in [0.29, 0.717) is 0 Å². The van der Waals surface area contributed by atoms with E-state index >= 15 is 0 Å². The van der Waals surface area contributed by atoms with Crippen LogP contribution in [0.2, 0.25) is 0 Å². The van der Waals surface area contributed by atoms with Gasteiger partial charge in [0.2, 0.25) is 0 Å². The number of benzene rings is 3. The van der Waals surface area contributed by atoms with Gasteiger partial charge in [-0.2, -0.15) is 0 Å². The van der Waals surface area contributed by atoms with Crippen molar-refractivity contribution in [3.05, 3.63) is 87.0 Å². The summed E-state index contributed by atoms with van der Waals surface area (Å²) in [5, 5.41) is 7.14. The molecule has 0 aromatic heterocycles. The Morgan fingerprint density at radius 3 is 1.80 bits per heavy atom. The first-order valence-corrected chi connectivity index (χ1v) is 13.2. The van der Waals surface area contributed by atoms with Gasteiger partial charge in [-0.15, -0.1) is 0 Å². The SMILES string of the molecule is COc1c([C](=[Ru+2]=[C]2NCCN2)c2c(C)cc(C)cc2C)cccc1-c1c(C)cc(C)cc1C.[Cl-].[Cl-]. The molecule has 3 aromatic rings. The minimum Gasteiger partial charge on any atom is -1.00 e. The first-order chi connectivity index (χ1) is 15.8. The van der Waals surface area contributed by atoms with Crippen LogP contribution in [-0.2, 0) is 16.2 Å². The molecule has 35 heavy (non-hydrogen) atoms. The van der Waals surface area contributed by atoms with E-state index in [1.54, 1.807) is 0 Å². The average Bonchev–Trinajstić information content (AvgIpc) is 3.24. The molecule has 3 aromatic carbocycles. The van der Waals surface area contributed by atoms with E-state index in [9.17, 15) is 0 Å². The van der Waals surface area contributed by atoms with Gasteiger partial charge in [0, 0.05) is 0 Å². The minimum atomic E-state index is -0.212. The summed E-state index contributed by atoms with van der Waals surface area (Å²) in [4.78, 5) is 0. The van der Waals surface area contributed by atoms with Crippen molar-refractivity contribution in [3.63, 3.8) is 0 Å². The van der Waals surface area contributed by atoms with Gasteiger partial charge in [-0.3, -0.25) is 0 Å². The van der Waals surface area contributed by atoms with Crippen LogP contribution < -0.4 is 40.2 Å². The van der Waals surface area contributed by atoms with Gasteiger partial charge >= 0.3 is 206 Å². The molecule has 1 heterocycles. The van der Waals surface area contributed by atoms with Gasteiger partial charge in [-0.1, -0.05) is 0 Å². The van der Waals surface area contributed by atoms with E-state index in [0.717, 1.165) is 18.8 Å². The summed E-state index contributed by atoms with van der Waals surface area (Å²) in [5.41, 5.74) is 12.8. The predicted molar refractivity (Wildman–Crippen MR) is 138 cm³/mol. The molecule has 3 nitrogen and oxygen atoms in total. The van der Waals surface area contributed by atoms with E-state index in [1.807, 2.05) is 7.11 Å². The first kappa shape index (κ1) is 29.6. The van der Waals surface area contributed by atoms with Gasteiger partial charge in [-0.25, -0.2) is 0 Å². The van der Waals surface area contributed by atoms with E-state index < -0.39 is 0 Å². The molecule has 0 atom stereocenters. The van der Waals surface area contributed by atoms with Crippen molar-refractivity contribution < 1.29 is 45.8 Å². The van der Waals surface area contributed by atoms with Gasteiger partial charge in [0.25, 0.3) is 0 Å². The first-order valence-electron chi connectivity index (χ1n) is 11.5. The van der Waals surface area contributed by atoms with Crippen LogP contribution in [0.15, 0.2) is 42.5 Å². The van der Waals surface area contributed by atoms with Gasteiger partial charge < -0.3 is 24.8 Å². The number of aryl methyl sites for hydroxylation is 6. The summed E-state index contributed by atoms with van der Waals surface area (Å²) in [5.74, 6) is 0.967. The predicted octanol–water partition coefficient (Wildman–Crippen LogP) is -0.848. The number of hydrogen-bond acceptors (Lipinski definition) is 3. The molecule has 1 saturated heterocycles. The van der Waals surface area contributed by atoms with Crippen molar-refractivity contribution in [2.75, 3.05) is 20.2 Å². The topological polar surface area (TPSA) is 33.3 Å². The molecule has 2 N–H and O–H groups in total. The van der Waals surface area contributed by atoms with E-state index in [4.69, 9.17) is 4.74 Å². The number of halogens is 2. The molecule has 6 heteroatoms. The second-order valence-corrected chi connectivity index (χ2v) is 11.2. The molecule has 0 bridgehead atoms. The third kappa shape index (κ3) is 6.18. The third-order valence-corrected chi connectivity index (χ3v) is 8.53. The standard InChI is InChI=1S/C26H28O.C3H6N2.2ClH.Ru/c1-16-11-18(3)24(19(4)12-16)15-22-9-8-10-23(26(22)27-7)25-20(5)13-17(2)14-21(25)6;1-2-5-3-4-1;;;/h8-14H,1-7H3;4-5H,1-2H2;2*1H;/q;;;;+2/p-2. The van der Waals surface area contributed by atoms with E-state index in [2.05, 4.69) is 94.6 Å². The molecular formula is C29H34Cl2N2ORu. The van der Waals surface area contributed by atoms with Crippen LogP contribution in [0.25, 0.3) is 11.1 Å². The molecule has 188 valence electrons. The summed E-state index contributed by atoms with van der Waals surface area (Å²) in [6, 6.07) is 15.8. The maximum Gasteiger partial charge on any atom is -1.00 e. The smallest absolute Gasteiger partial charge is 1.00 e. The van der Waals surface area contributed by atoms with Crippen molar-refractivity contribution >= 4 is 8.46 Å². The van der Waals surface area contributed by atoms with Crippen LogP contribution in [0.4, 0.5) is 0 Å². The largest absolute Gasteiger partial charge is 1.00 e. The Morgan fingerprint density at radius 2 is 1.29 bits per heavy atom. The van der Waals surface area contributed by atoms with Crippen LogP contribution in [0.5, 0.6) is 5.75 Å². The molecule has 0 spiro atoms. The molecule has 0 radical (unpaired) electrons. The third-order valence-electron chi connectivity index (χ3n) is 6.14. The fraction of sp³-hybridized carbons (Fsp3) is 0.310. The monoisotopic (exact) mass is 598 g/mol. The van der Waals surface area contributed by atoms with Gasteiger partial charge in [0.1, 0.15) is 0 Å². The Hall–Kier alpha value is -1.68. The summed E-state index contributed by atoms with van der Waals surface area (Å²) in [7, 11) is 1.81. The maximum atomic E-state index is 6.19. The molecule has 1 aliphatic heterocycles. The molecule has 1 fully saturated rings. The number of methoxy groups -OCH3 is 1. The molecule has 1 aliphatic rings. The zero-order valence-corrected chi connectivity index (χ0v) is 24.7. The Bertz CT molecular complexity index is 1260. The Morgan fingerprint density at radius 1 is 0.771 bits per heavy atom. The average molecular weight is 599 g/mol. The summed E-state index contributed by atoms with van der Waals surface area (Å²) in [6.07, 6.45) is 0. The van der Waals surface area contributed by atoms with Crippen molar-refractivity contribution in [2.45, 2.75) is 41.5 Å². The molecular weight excluding hydrogens is 564 g/mol. The maximum absolute atomic E-state index is 6.19. The van der Waals surface area contributed by atoms with E-state index in [1.165, 1.54) is 64.1 Å². The van der Waals surface area contributed by atoms with Crippen molar-refractivity contribution in [2.24, 2.45) is 0 Å². The van der Waals surface area contributed by atoms with Gasteiger partial charge in [0.15, 0.2) is 0 Å². The zero-order valence-electron chi connectivity index (χ0n) is 21.5. The van der Waals surface area contributed by atoms with Crippen LogP contribution in [0, 0.1) is 41.5 Å². The Kier molecular flexibility index (Phi) is 10.6. The Balaban J connectivity index is 0.00000216. The van der Waals surface area contributed by atoms with Crippen LogP contribution in [0.3, 0.4) is 0 Å². The Labute approximate surface area is 229 Å². The second-order valence-electron chi connectivity index (χ2n) is 8.98. The number of nitrogens with one attached hydrogen (secondary N) is 2. The quantitative estimate of drug-likeness (QED) is 0.385. The van der Waals surface area contributed by atoms with E-state index in [-0.39, 0.29) is 41.0 Å². The van der Waals surface area contributed by atoms with Crippen LogP contribution >= 0.6 is 0 Å². The number of ether oxygens (including phenoxy) is 1. The molecule has 0 saturated carbocycles. The number of rotatable bonds is 4. The van der Waals surface area contributed by atoms with Crippen molar-refractivity contribution in [1.29, 1.82) is 0 Å². The van der Waals surface area contributed by atoms with Crippen LogP contribution in [-0.4, -0.2) is 28.7 Å². The van der Waals surface area contributed by atoms with Gasteiger partial charge in [0.05, 0.1) is 0 Å². The molecule has 0 aliphatic carbocycles. The molecule has 4 rings (SSSR count). The fourth-order valence-electron chi connectivity index (χ4n) is 5.02. The normalized spacial score (nSPS) is 12.6. The number of para-hydroxylation sites is 1. The minimum absolute atomic E-state index is 0.